The number of fused-ring (bicyclic) bond motifs is 1. The van der Waals surface area contributed by atoms with Crippen LogP contribution < -0.4 is 24.7 Å². The molecule has 1 aromatic carbocycles. The summed E-state index contributed by atoms with van der Waals surface area (Å²) in [4.78, 5) is 4.07. The number of benzene rings is 1. The van der Waals surface area contributed by atoms with Gasteiger partial charge in [0.15, 0.2) is 11.5 Å². The largest absolute Gasteiger partial charge is 0.493 e. The van der Waals surface area contributed by atoms with E-state index in [9.17, 15) is 5.26 Å². The third-order valence-corrected chi connectivity index (χ3v) is 5.01. The van der Waals surface area contributed by atoms with Gasteiger partial charge in [0.2, 0.25) is 17.5 Å². The molecule has 3 aromatic rings. The Bertz CT molecular complexity index is 1160. The molecule has 0 radical (unpaired) electrons. The maximum Gasteiger partial charge on any atom is 0.244 e. The highest BCUT2D eigenvalue weighted by Gasteiger charge is 2.36. The van der Waals surface area contributed by atoms with E-state index in [-0.39, 0.29) is 11.5 Å². The Morgan fingerprint density at radius 1 is 1.19 bits per heavy atom. The standard InChI is InChI=1S/C22H21N5O4/c1-4-30-20-15(28-2)9-13(10-16(20)29-3)17-14(11-23)21(24)31-22-18(17)19(26-27-22)12-5-7-25-8-6-12/h5-10,17H,4,24H2,1-3H3,(H,26,27)/t17-/m0/s1. The molecular weight excluding hydrogens is 398 g/mol. The Labute approximate surface area is 179 Å². The van der Waals surface area contributed by atoms with Crippen LogP contribution in [0.15, 0.2) is 48.1 Å². The van der Waals surface area contributed by atoms with Gasteiger partial charge in [-0.25, -0.2) is 0 Å². The maximum atomic E-state index is 9.91. The van der Waals surface area contributed by atoms with Gasteiger partial charge in [-0.15, -0.1) is 5.10 Å². The third-order valence-electron chi connectivity index (χ3n) is 5.01. The molecule has 31 heavy (non-hydrogen) atoms. The van der Waals surface area contributed by atoms with Gasteiger partial charge >= 0.3 is 0 Å². The minimum absolute atomic E-state index is 0.000373. The van der Waals surface area contributed by atoms with E-state index < -0.39 is 5.92 Å². The maximum absolute atomic E-state index is 9.91. The molecular formula is C22H21N5O4. The van der Waals surface area contributed by atoms with Crippen LogP contribution in [0.3, 0.4) is 0 Å². The molecule has 3 N–H and O–H groups in total. The lowest BCUT2D eigenvalue weighted by atomic mass is 9.83. The number of rotatable bonds is 6. The first-order valence-corrected chi connectivity index (χ1v) is 9.57. The SMILES string of the molecule is CCOc1c(OC)cc([C@H]2C(C#N)=C(N)Oc3n[nH]c(-c4ccncc4)c32)cc1OC. The molecule has 0 fully saturated rings. The minimum atomic E-state index is -0.561. The number of nitriles is 1. The first-order valence-electron chi connectivity index (χ1n) is 9.57. The summed E-state index contributed by atoms with van der Waals surface area (Å²) in [6.07, 6.45) is 3.36. The molecule has 1 aliphatic heterocycles. The molecule has 0 aliphatic carbocycles. The molecule has 0 spiro atoms. The predicted molar refractivity (Wildman–Crippen MR) is 112 cm³/mol. The topological polar surface area (TPSA) is 128 Å². The van der Waals surface area contributed by atoms with Crippen molar-refractivity contribution in [2.75, 3.05) is 20.8 Å². The zero-order valence-corrected chi connectivity index (χ0v) is 17.3. The van der Waals surface area contributed by atoms with Crippen LogP contribution in [0.25, 0.3) is 11.3 Å². The zero-order chi connectivity index (χ0) is 22.0. The first-order chi connectivity index (χ1) is 15.1. The average Bonchev–Trinajstić information content (AvgIpc) is 3.22. The van der Waals surface area contributed by atoms with E-state index in [1.165, 1.54) is 0 Å². The van der Waals surface area contributed by atoms with Crippen molar-refractivity contribution < 1.29 is 18.9 Å². The summed E-state index contributed by atoms with van der Waals surface area (Å²) in [6, 6.07) is 9.49. The second-order valence-corrected chi connectivity index (χ2v) is 6.67. The summed E-state index contributed by atoms with van der Waals surface area (Å²) >= 11 is 0. The van der Waals surface area contributed by atoms with E-state index in [1.807, 2.05) is 19.1 Å². The molecule has 158 valence electrons. The van der Waals surface area contributed by atoms with Crippen LogP contribution in [0.4, 0.5) is 0 Å². The van der Waals surface area contributed by atoms with Crippen molar-refractivity contribution >= 4 is 0 Å². The number of hydrogen-bond acceptors (Lipinski definition) is 8. The van der Waals surface area contributed by atoms with E-state index >= 15 is 0 Å². The Hall–Kier alpha value is -4.19. The van der Waals surface area contributed by atoms with E-state index in [4.69, 9.17) is 24.7 Å². The zero-order valence-electron chi connectivity index (χ0n) is 17.3. The molecule has 0 saturated carbocycles. The van der Waals surface area contributed by atoms with Crippen molar-refractivity contribution in [3.05, 3.63) is 59.2 Å². The van der Waals surface area contributed by atoms with Crippen LogP contribution in [-0.2, 0) is 0 Å². The fourth-order valence-corrected chi connectivity index (χ4v) is 3.67. The number of nitrogens with one attached hydrogen (secondary N) is 1. The lowest BCUT2D eigenvalue weighted by Gasteiger charge is -2.25. The number of aromatic amines is 1. The van der Waals surface area contributed by atoms with Gasteiger partial charge in [-0.1, -0.05) is 0 Å². The van der Waals surface area contributed by atoms with Crippen LogP contribution in [-0.4, -0.2) is 36.0 Å². The molecule has 0 bridgehead atoms. The summed E-state index contributed by atoms with van der Waals surface area (Å²) in [5.41, 5.74) is 9.30. The lowest BCUT2D eigenvalue weighted by Crippen LogP contribution is -2.21. The second kappa shape index (κ2) is 8.28. The first kappa shape index (κ1) is 20.1. The highest BCUT2D eigenvalue weighted by molar-refractivity contribution is 5.71. The number of ether oxygens (including phenoxy) is 4. The number of methoxy groups -OCH3 is 2. The number of nitrogens with two attached hydrogens (primary N) is 1. The summed E-state index contributed by atoms with van der Waals surface area (Å²) in [5.74, 6) is 1.19. The molecule has 1 aliphatic rings. The third kappa shape index (κ3) is 3.38. The van der Waals surface area contributed by atoms with Crippen molar-refractivity contribution in [2.45, 2.75) is 12.8 Å². The summed E-state index contributed by atoms with van der Waals surface area (Å²) < 4.78 is 22.5. The fraction of sp³-hybridized carbons (Fsp3) is 0.227. The molecule has 1 atom stereocenters. The van der Waals surface area contributed by atoms with Crippen molar-refractivity contribution in [1.82, 2.24) is 15.2 Å². The van der Waals surface area contributed by atoms with E-state index in [2.05, 4.69) is 21.3 Å². The summed E-state index contributed by atoms with van der Waals surface area (Å²) in [7, 11) is 3.10. The molecule has 9 nitrogen and oxygen atoms in total. The van der Waals surface area contributed by atoms with Gasteiger partial charge in [-0.3, -0.25) is 10.1 Å². The summed E-state index contributed by atoms with van der Waals surface area (Å²) in [6.45, 7) is 2.32. The van der Waals surface area contributed by atoms with Crippen molar-refractivity contribution in [3.8, 4) is 40.5 Å². The summed E-state index contributed by atoms with van der Waals surface area (Å²) in [5, 5.41) is 17.2. The van der Waals surface area contributed by atoms with E-state index in [1.54, 1.807) is 38.7 Å². The second-order valence-electron chi connectivity index (χ2n) is 6.67. The molecule has 0 amide bonds. The molecule has 4 rings (SSSR count). The van der Waals surface area contributed by atoms with Crippen LogP contribution in [0.5, 0.6) is 23.1 Å². The van der Waals surface area contributed by atoms with E-state index in [0.29, 0.717) is 41.0 Å². The normalized spacial score (nSPS) is 15.0. The van der Waals surface area contributed by atoms with Gasteiger partial charge in [-0.05, 0) is 36.8 Å². The monoisotopic (exact) mass is 419 g/mol. The van der Waals surface area contributed by atoms with Crippen LogP contribution >= 0.6 is 0 Å². The number of H-pyrrole nitrogens is 1. The Kier molecular flexibility index (Phi) is 5.37. The van der Waals surface area contributed by atoms with Crippen LogP contribution in [0, 0.1) is 11.3 Å². The highest BCUT2D eigenvalue weighted by Crippen LogP contribution is 2.49. The highest BCUT2D eigenvalue weighted by atomic mass is 16.5. The molecule has 0 saturated heterocycles. The Balaban J connectivity index is 1.97. The molecule has 0 unspecified atom stereocenters. The number of pyridine rings is 1. The molecule has 3 heterocycles. The van der Waals surface area contributed by atoms with Crippen LogP contribution in [0.1, 0.15) is 24.0 Å². The predicted octanol–water partition coefficient (Wildman–Crippen LogP) is 3.11. The number of aromatic nitrogens is 3. The van der Waals surface area contributed by atoms with Gasteiger partial charge in [0, 0.05) is 18.0 Å². The Morgan fingerprint density at radius 2 is 1.87 bits per heavy atom. The van der Waals surface area contributed by atoms with Crippen molar-refractivity contribution in [1.29, 1.82) is 5.26 Å². The van der Waals surface area contributed by atoms with E-state index in [0.717, 1.165) is 11.1 Å². The van der Waals surface area contributed by atoms with Crippen molar-refractivity contribution in [3.63, 3.8) is 0 Å². The fourth-order valence-electron chi connectivity index (χ4n) is 3.67. The smallest absolute Gasteiger partial charge is 0.244 e. The van der Waals surface area contributed by atoms with Gasteiger partial charge in [-0.2, -0.15) is 5.26 Å². The van der Waals surface area contributed by atoms with Gasteiger partial charge < -0.3 is 24.7 Å². The lowest BCUT2D eigenvalue weighted by molar-refractivity contribution is 0.287. The quantitative estimate of drug-likeness (QED) is 0.624. The number of allylic oxidation sites excluding steroid dienone is 1. The van der Waals surface area contributed by atoms with Gasteiger partial charge in [0.25, 0.3) is 0 Å². The number of hydrogen-bond donors (Lipinski definition) is 2. The van der Waals surface area contributed by atoms with Crippen LogP contribution in [0.2, 0.25) is 0 Å². The van der Waals surface area contributed by atoms with Gasteiger partial charge in [0.1, 0.15) is 11.6 Å². The van der Waals surface area contributed by atoms with Gasteiger partial charge in [0.05, 0.1) is 38.0 Å². The molecule has 2 aromatic heterocycles. The van der Waals surface area contributed by atoms with Crippen molar-refractivity contribution in [2.24, 2.45) is 5.73 Å². The number of nitrogens with zero attached hydrogens (tertiary/aromatic N) is 3. The minimum Gasteiger partial charge on any atom is -0.493 e. The molecule has 9 heteroatoms. The average molecular weight is 419 g/mol. The Morgan fingerprint density at radius 3 is 2.45 bits per heavy atom.